The van der Waals surface area contributed by atoms with Crippen molar-refractivity contribution in [2.75, 3.05) is 26.4 Å². The maximum Gasteiger partial charge on any atom is 0.325 e. The van der Waals surface area contributed by atoms with Crippen LogP contribution in [0.1, 0.15) is 23.7 Å². The summed E-state index contributed by atoms with van der Waals surface area (Å²) >= 11 is 5.76. The molecule has 0 bridgehead atoms. The standard InChI is InChI=1S/C20H22ClNO5/c1-2-11-25-17-7-9-18(10-8-17)26-12-13-27-19(23)14-22-20(24)15-3-5-16(21)6-4-15/h3-10H,2,11-14H2,1H3,(H,22,24). The first-order valence-corrected chi connectivity index (χ1v) is 9.01. The Morgan fingerprint density at radius 3 is 2.07 bits per heavy atom. The van der Waals surface area contributed by atoms with E-state index in [9.17, 15) is 9.59 Å². The Morgan fingerprint density at radius 1 is 0.889 bits per heavy atom. The van der Waals surface area contributed by atoms with Crippen LogP contribution in [-0.2, 0) is 9.53 Å². The van der Waals surface area contributed by atoms with E-state index in [2.05, 4.69) is 5.32 Å². The highest BCUT2D eigenvalue weighted by Crippen LogP contribution is 2.17. The number of carbonyl (C=O) groups excluding carboxylic acids is 2. The van der Waals surface area contributed by atoms with Crippen molar-refractivity contribution in [3.05, 3.63) is 59.1 Å². The minimum absolute atomic E-state index is 0.0870. The number of rotatable bonds is 10. The highest BCUT2D eigenvalue weighted by atomic mass is 35.5. The number of benzene rings is 2. The fraction of sp³-hybridized carbons (Fsp3) is 0.300. The molecule has 0 fully saturated rings. The average Bonchev–Trinajstić information content (AvgIpc) is 2.69. The Bertz CT molecular complexity index is 731. The molecule has 0 heterocycles. The number of esters is 1. The van der Waals surface area contributed by atoms with E-state index in [0.717, 1.165) is 12.2 Å². The fourth-order valence-electron chi connectivity index (χ4n) is 2.07. The third-order valence-electron chi connectivity index (χ3n) is 3.41. The molecule has 6 nitrogen and oxygen atoms in total. The van der Waals surface area contributed by atoms with E-state index in [1.807, 2.05) is 19.1 Å². The average molecular weight is 392 g/mol. The lowest BCUT2D eigenvalue weighted by Gasteiger charge is -2.09. The Balaban J connectivity index is 1.61. The predicted molar refractivity (Wildman–Crippen MR) is 102 cm³/mol. The first kappa shape index (κ1) is 20.6. The molecule has 2 aromatic carbocycles. The van der Waals surface area contributed by atoms with E-state index in [-0.39, 0.29) is 25.7 Å². The molecule has 1 amide bonds. The number of nitrogens with one attached hydrogen (secondary N) is 1. The SMILES string of the molecule is CCCOc1ccc(OCCOC(=O)CNC(=O)c2ccc(Cl)cc2)cc1. The van der Waals surface area contributed by atoms with E-state index in [1.165, 1.54) is 0 Å². The highest BCUT2D eigenvalue weighted by Gasteiger charge is 2.09. The van der Waals surface area contributed by atoms with Crippen molar-refractivity contribution in [1.29, 1.82) is 0 Å². The van der Waals surface area contributed by atoms with Crippen molar-refractivity contribution in [3.63, 3.8) is 0 Å². The molecule has 0 saturated carbocycles. The molecule has 0 aliphatic carbocycles. The van der Waals surface area contributed by atoms with Gasteiger partial charge in [0.25, 0.3) is 5.91 Å². The van der Waals surface area contributed by atoms with Crippen LogP contribution in [0.2, 0.25) is 5.02 Å². The van der Waals surface area contributed by atoms with Gasteiger partial charge in [-0.05, 0) is 55.0 Å². The third kappa shape index (κ3) is 7.58. The molecule has 0 radical (unpaired) electrons. The Labute approximate surface area is 163 Å². The van der Waals surface area contributed by atoms with Crippen molar-refractivity contribution < 1.29 is 23.8 Å². The zero-order valence-corrected chi connectivity index (χ0v) is 15.8. The largest absolute Gasteiger partial charge is 0.494 e. The van der Waals surface area contributed by atoms with Crippen LogP contribution in [-0.4, -0.2) is 38.2 Å². The zero-order chi connectivity index (χ0) is 19.5. The summed E-state index contributed by atoms with van der Waals surface area (Å²) in [6.07, 6.45) is 0.948. The maximum atomic E-state index is 11.9. The molecule has 7 heteroatoms. The summed E-state index contributed by atoms with van der Waals surface area (Å²) < 4.78 is 16.0. The molecule has 0 spiro atoms. The number of hydrogen-bond acceptors (Lipinski definition) is 5. The van der Waals surface area contributed by atoms with Gasteiger partial charge in [-0.3, -0.25) is 9.59 Å². The number of hydrogen-bond donors (Lipinski definition) is 1. The number of halogens is 1. The van der Waals surface area contributed by atoms with E-state index in [1.54, 1.807) is 36.4 Å². The van der Waals surface area contributed by atoms with Gasteiger partial charge in [-0.2, -0.15) is 0 Å². The number of carbonyl (C=O) groups is 2. The van der Waals surface area contributed by atoms with Gasteiger partial charge in [0.15, 0.2) is 0 Å². The quantitative estimate of drug-likeness (QED) is 0.495. The smallest absolute Gasteiger partial charge is 0.325 e. The molecule has 0 atom stereocenters. The second-order valence-corrected chi connectivity index (χ2v) is 6.01. The maximum absolute atomic E-state index is 11.9. The first-order valence-electron chi connectivity index (χ1n) is 8.63. The number of amides is 1. The summed E-state index contributed by atoms with van der Waals surface area (Å²) in [5.41, 5.74) is 0.418. The lowest BCUT2D eigenvalue weighted by Crippen LogP contribution is -2.31. The second kappa shape index (κ2) is 11.1. The molecule has 0 aliphatic heterocycles. The molecular weight excluding hydrogens is 370 g/mol. The van der Waals surface area contributed by atoms with Gasteiger partial charge in [-0.1, -0.05) is 18.5 Å². The molecule has 2 rings (SSSR count). The van der Waals surface area contributed by atoms with Gasteiger partial charge in [0.05, 0.1) is 6.61 Å². The van der Waals surface area contributed by atoms with Crippen LogP contribution in [0.3, 0.4) is 0 Å². The van der Waals surface area contributed by atoms with Gasteiger partial charge >= 0.3 is 5.97 Å². The predicted octanol–water partition coefficient (Wildman–Crippen LogP) is 3.48. The minimum Gasteiger partial charge on any atom is -0.494 e. The van der Waals surface area contributed by atoms with Gasteiger partial charge in [-0.25, -0.2) is 0 Å². The molecule has 1 N–H and O–H groups in total. The Morgan fingerprint density at radius 2 is 1.48 bits per heavy atom. The van der Waals surface area contributed by atoms with Gasteiger partial charge in [0, 0.05) is 10.6 Å². The Kier molecular flexibility index (Phi) is 8.45. The monoisotopic (exact) mass is 391 g/mol. The highest BCUT2D eigenvalue weighted by molar-refractivity contribution is 6.30. The summed E-state index contributed by atoms with van der Waals surface area (Å²) in [5.74, 6) is 0.535. The van der Waals surface area contributed by atoms with Gasteiger partial charge < -0.3 is 19.5 Å². The van der Waals surface area contributed by atoms with Crippen LogP contribution in [0.4, 0.5) is 0 Å². The van der Waals surface area contributed by atoms with Gasteiger partial charge in [-0.15, -0.1) is 0 Å². The second-order valence-electron chi connectivity index (χ2n) is 5.58. The van der Waals surface area contributed by atoms with Crippen molar-refractivity contribution in [1.82, 2.24) is 5.32 Å². The fourth-order valence-corrected chi connectivity index (χ4v) is 2.20. The van der Waals surface area contributed by atoms with Crippen LogP contribution in [0, 0.1) is 0 Å². The molecule has 0 unspecified atom stereocenters. The molecule has 2 aromatic rings. The van der Waals surface area contributed by atoms with E-state index < -0.39 is 5.97 Å². The molecule has 27 heavy (non-hydrogen) atoms. The summed E-state index contributed by atoms with van der Waals surface area (Å²) in [6, 6.07) is 13.6. The lowest BCUT2D eigenvalue weighted by atomic mass is 10.2. The summed E-state index contributed by atoms with van der Waals surface area (Å²) in [7, 11) is 0. The van der Waals surface area contributed by atoms with Crippen molar-refractivity contribution in [2.24, 2.45) is 0 Å². The molecular formula is C20H22ClNO5. The van der Waals surface area contributed by atoms with Crippen LogP contribution in [0.15, 0.2) is 48.5 Å². The minimum atomic E-state index is -0.538. The topological polar surface area (TPSA) is 73.9 Å². The van der Waals surface area contributed by atoms with Crippen molar-refractivity contribution >= 4 is 23.5 Å². The van der Waals surface area contributed by atoms with Gasteiger partial charge in [0.1, 0.15) is 31.3 Å². The summed E-state index contributed by atoms with van der Waals surface area (Å²) in [4.78, 5) is 23.5. The molecule has 0 saturated heterocycles. The van der Waals surface area contributed by atoms with E-state index in [0.29, 0.717) is 22.9 Å². The third-order valence-corrected chi connectivity index (χ3v) is 3.66. The van der Waals surface area contributed by atoms with Crippen molar-refractivity contribution in [2.45, 2.75) is 13.3 Å². The van der Waals surface area contributed by atoms with Gasteiger partial charge in [0.2, 0.25) is 0 Å². The zero-order valence-electron chi connectivity index (χ0n) is 15.1. The lowest BCUT2D eigenvalue weighted by molar-refractivity contribution is -0.143. The van der Waals surface area contributed by atoms with E-state index in [4.69, 9.17) is 25.8 Å². The normalized spacial score (nSPS) is 10.1. The molecule has 0 aromatic heterocycles. The van der Waals surface area contributed by atoms with Crippen LogP contribution in [0.25, 0.3) is 0 Å². The summed E-state index contributed by atoms with van der Waals surface area (Å²) in [6.45, 7) is 2.80. The van der Waals surface area contributed by atoms with Crippen molar-refractivity contribution in [3.8, 4) is 11.5 Å². The first-order chi connectivity index (χ1) is 13.1. The molecule has 144 valence electrons. The van der Waals surface area contributed by atoms with Crippen LogP contribution in [0.5, 0.6) is 11.5 Å². The summed E-state index contributed by atoms with van der Waals surface area (Å²) in [5, 5.41) is 3.02. The number of ether oxygens (including phenoxy) is 3. The van der Waals surface area contributed by atoms with E-state index >= 15 is 0 Å². The Hall–Kier alpha value is -2.73. The molecule has 0 aliphatic rings. The van der Waals surface area contributed by atoms with Crippen LogP contribution < -0.4 is 14.8 Å². The van der Waals surface area contributed by atoms with Crippen LogP contribution >= 0.6 is 11.6 Å².